The van der Waals surface area contributed by atoms with E-state index in [1.165, 1.54) is 5.56 Å². The average Bonchev–Trinajstić information content (AvgIpc) is 3.28. The molecule has 1 aromatic heterocycles. The minimum Gasteiger partial charge on any atom is -0.376 e. The molecule has 1 atom stereocenters. The molecule has 7 nitrogen and oxygen atoms in total. The quantitative estimate of drug-likeness (QED) is 0.839. The molecule has 3 heterocycles. The molecule has 7 heteroatoms. The summed E-state index contributed by atoms with van der Waals surface area (Å²) in [5.74, 6) is 1.73. The fourth-order valence-electron chi connectivity index (χ4n) is 3.81. The number of anilines is 2. The van der Waals surface area contributed by atoms with Gasteiger partial charge in [0, 0.05) is 44.9 Å². The van der Waals surface area contributed by atoms with Crippen LogP contribution in [0, 0.1) is 13.8 Å². The lowest BCUT2D eigenvalue weighted by Crippen LogP contribution is -2.49. The fourth-order valence-corrected chi connectivity index (χ4v) is 3.81. The van der Waals surface area contributed by atoms with Crippen molar-refractivity contribution in [2.75, 3.05) is 49.5 Å². The van der Waals surface area contributed by atoms with Crippen LogP contribution in [0.3, 0.4) is 0 Å². The summed E-state index contributed by atoms with van der Waals surface area (Å²) in [5, 5.41) is 12.0. The van der Waals surface area contributed by atoms with Crippen LogP contribution in [0.5, 0.6) is 0 Å². The summed E-state index contributed by atoms with van der Waals surface area (Å²) in [5.41, 5.74) is 3.12. The third kappa shape index (κ3) is 4.67. The second kappa shape index (κ2) is 8.78. The van der Waals surface area contributed by atoms with Gasteiger partial charge in [-0.3, -0.25) is 4.79 Å². The Bertz CT molecular complexity index is 841. The van der Waals surface area contributed by atoms with E-state index in [0.29, 0.717) is 13.1 Å². The highest BCUT2D eigenvalue weighted by Crippen LogP contribution is 2.18. The van der Waals surface area contributed by atoms with E-state index in [0.717, 1.165) is 61.8 Å². The first kappa shape index (κ1) is 19.6. The second-order valence-corrected chi connectivity index (χ2v) is 7.87. The molecular weight excluding hydrogens is 366 g/mol. The lowest BCUT2D eigenvalue weighted by atomic mass is 10.1. The first-order valence-corrected chi connectivity index (χ1v) is 10.4. The molecule has 0 saturated carbocycles. The van der Waals surface area contributed by atoms with Gasteiger partial charge in [0.15, 0.2) is 5.82 Å². The molecule has 1 aromatic carbocycles. The summed E-state index contributed by atoms with van der Waals surface area (Å²) in [6, 6.07) is 9.88. The number of hydrogen-bond acceptors (Lipinski definition) is 6. The first-order valence-electron chi connectivity index (χ1n) is 10.4. The van der Waals surface area contributed by atoms with Gasteiger partial charge < -0.3 is 19.9 Å². The van der Waals surface area contributed by atoms with Crippen molar-refractivity contribution in [3.05, 3.63) is 47.0 Å². The van der Waals surface area contributed by atoms with E-state index in [-0.39, 0.29) is 12.0 Å². The van der Waals surface area contributed by atoms with Crippen LogP contribution in [0.2, 0.25) is 0 Å². The first-order chi connectivity index (χ1) is 14.1. The number of nitrogens with zero attached hydrogens (tertiary/aromatic N) is 4. The van der Waals surface area contributed by atoms with Crippen LogP contribution in [-0.4, -0.2) is 66.4 Å². The number of benzene rings is 1. The van der Waals surface area contributed by atoms with E-state index >= 15 is 0 Å². The Hall–Kier alpha value is -2.67. The summed E-state index contributed by atoms with van der Waals surface area (Å²) < 4.78 is 5.62. The molecule has 29 heavy (non-hydrogen) atoms. The number of rotatable bonds is 5. The van der Waals surface area contributed by atoms with Crippen LogP contribution in [-0.2, 0) is 4.74 Å². The van der Waals surface area contributed by atoms with Crippen LogP contribution < -0.4 is 10.2 Å². The standard InChI is InChI=1S/C22H29N5O2/c1-16-5-6-18(14-17(16)2)22(28)27-11-9-26(10-12-27)21-8-7-20(24-25-21)23-15-19-4-3-13-29-19/h5-8,14,19H,3-4,9-13,15H2,1-2H3,(H,23,24). The van der Waals surface area contributed by atoms with Crippen molar-refractivity contribution < 1.29 is 9.53 Å². The molecule has 0 spiro atoms. The average molecular weight is 396 g/mol. The van der Waals surface area contributed by atoms with E-state index < -0.39 is 0 Å². The Labute approximate surface area is 172 Å². The maximum absolute atomic E-state index is 12.8. The van der Waals surface area contributed by atoms with Gasteiger partial charge in [-0.05, 0) is 62.1 Å². The fraction of sp³-hybridized carbons (Fsp3) is 0.500. The number of carbonyl (C=O) groups excluding carboxylic acids is 1. The second-order valence-electron chi connectivity index (χ2n) is 7.87. The molecule has 2 aromatic rings. The Morgan fingerprint density at radius 3 is 2.59 bits per heavy atom. The molecule has 1 N–H and O–H groups in total. The van der Waals surface area contributed by atoms with E-state index in [1.54, 1.807) is 0 Å². The smallest absolute Gasteiger partial charge is 0.253 e. The summed E-state index contributed by atoms with van der Waals surface area (Å²) >= 11 is 0. The number of aromatic nitrogens is 2. The van der Waals surface area contributed by atoms with Gasteiger partial charge in [0.25, 0.3) is 5.91 Å². The number of amides is 1. The largest absolute Gasteiger partial charge is 0.376 e. The van der Waals surface area contributed by atoms with Crippen LogP contribution in [0.25, 0.3) is 0 Å². The molecule has 154 valence electrons. The Kier molecular flexibility index (Phi) is 5.94. The normalized spacial score (nSPS) is 19.4. The molecule has 1 amide bonds. The molecule has 2 aliphatic rings. The van der Waals surface area contributed by atoms with E-state index in [4.69, 9.17) is 4.74 Å². The van der Waals surface area contributed by atoms with Gasteiger partial charge in [0.1, 0.15) is 5.82 Å². The predicted molar refractivity (Wildman–Crippen MR) is 114 cm³/mol. The molecule has 2 saturated heterocycles. The highest BCUT2D eigenvalue weighted by Gasteiger charge is 2.23. The minimum atomic E-state index is 0.104. The van der Waals surface area contributed by atoms with Crippen molar-refractivity contribution in [1.29, 1.82) is 0 Å². The van der Waals surface area contributed by atoms with E-state index in [1.807, 2.05) is 42.2 Å². The van der Waals surface area contributed by atoms with Crippen molar-refractivity contribution >= 4 is 17.5 Å². The topological polar surface area (TPSA) is 70.6 Å². The Morgan fingerprint density at radius 2 is 1.93 bits per heavy atom. The third-order valence-electron chi connectivity index (χ3n) is 5.83. The van der Waals surface area contributed by atoms with Gasteiger partial charge in [0.2, 0.25) is 0 Å². The molecule has 0 aliphatic carbocycles. The molecule has 0 bridgehead atoms. The molecule has 1 unspecified atom stereocenters. The molecule has 4 rings (SSSR count). The predicted octanol–water partition coefficient (Wildman–Crippen LogP) is 2.65. The highest BCUT2D eigenvalue weighted by atomic mass is 16.5. The summed E-state index contributed by atoms with van der Waals surface area (Å²) in [6.07, 6.45) is 2.51. The zero-order chi connectivity index (χ0) is 20.2. The van der Waals surface area contributed by atoms with Crippen molar-refractivity contribution in [3.8, 4) is 0 Å². The number of hydrogen-bond donors (Lipinski definition) is 1. The van der Waals surface area contributed by atoms with Crippen molar-refractivity contribution in [1.82, 2.24) is 15.1 Å². The van der Waals surface area contributed by atoms with E-state index in [9.17, 15) is 4.79 Å². The van der Waals surface area contributed by atoms with Gasteiger partial charge in [-0.25, -0.2) is 0 Å². The van der Waals surface area contributed by atoms with Gasteiger partial charge in [0.05, 0.1) is 6.10 Å². The maximum atomic E-state index is 12.8. The zero-order valence-corrected chi connectivity index (χ0v) is 17.2. The van der Waals surface area contributed by atoms with Crippen molar-refractivity contribution in [2.45, 2.75) is 32.8 Å². The molecule has 0 radical (unpaired) electrons. The highest BCUT2D eigenvalue weighted by molar-refractivity contribution is 5.94. The van der Waals surface area contributed by atoms with Crippen molar-refractivity contribution in [3.63, 3.8) is 0 Å². The van der Waals surface area contributed by atoms with Gasteiger partial charge in [-0.15, -0.1) is 10.2 Å². The maximum Gasteiger partial charge on any atom is 0.253 e. The Morgan fingerprint density at radius 1 is 1.10 bits per heavy atom. The van der Waals surface area contributed by atoms with E-state index in [2.05, 4.69) is 27.3 Å². The number of piperazine rings is 1. The molecule has 2 aliphatic heterocycles. The van der Waals surface area contributed by atoms with Crippen LogP contribution >= 0.6 is 0 Å². The number of ether oxygens (including phenoxy) is 1. The van der Waals surface area contributed by atoms with Crippen molar-refractivity contribution in [2.24, 2.45) is 0 Å². The monoisotopic (exact) mass is 395 g/mol. The SMILES string of the molecule is Cc1ccc(C(=O)N2CCN(c3ccc(NCC4CCCO4)nn3)CC2)cc1C. The number of aryl methyl sites for hydroxylation is 2. The van der Waals surface area contributed by atoms with Gasteiger partial charge >= 0.3 is 0 Å². The number of nitrogens with one attached hydrogen (secondary N) is 1. The van der Waals surface area contributed by atoms with Gasteiger partial charge in [-0.2, -0.15) is 0 Å². The lowest BCUT2D eigenvalue weighted by Gasteiger charge is -2.35. The Balaban J connectivity index is 1.29. The lowest BCUT2D eigenvalue weighted by molar-refractivity contribution is 0.0746. The summed E-state index contributed by atoms with van der Waals surface area (Å²) in [7, 11) is 0. The molecular formula is C22H29N5O2. The van der Waals surface area contributed by atoms with Crippen LogP contribution in [0.4, 0.5) is 11.6 Å². The minimum absolute atomic E-state index is 0.104. The zero-order valence-electron chi connectivity index (χ0n) is 17.2. The molecule has 2 fully saturated rings. The summed E-state index contributed by atoms with van der Waals surface area (Å²) in [6.45, 7) is 8.62. The summed E-state index contributed by atoms with van der Waals surface area (Å²) in [4.78, 5) is 16.9. The van der Waals surface area contributed by atoms with Crippen LogP contribution in [0.1, 0.15) is 34.3 Å². The number of carbonyl (C=O) groups is 1. The third-order valence-corrected chi connectivity index (χ3v) is 5.83. The van der Waals surface area contributed by atoms with Crippen LogP contribution in [0.15, 0.2) is 30.3 Å². The van der Waals surface area contributed by atoms with Gasteiger partial charge in [-0.1, -0.05) is 6.07 Å².